The summed E-state index contributed by atoms with van der Waals surface area (Å²) in [4.78, 5) is 26.7. The maximum absolute atomic E-state index is 12.4. The number of carbonyl (C=O) groups excluding carboxylic acids is 1. The Balaban J connectivity index is 0.000000644. The lowest BCUT2D eigenvalue weighted by Crippen LogP contribution is -2.45. The van der Waals surface area contributed by atoms with Crippen LogP contribution in [0.1, 0.15) is 50.9 Å². The Kier molecular flexibility index (Phi) is 11.2. The van der Waals surface area contributed by atoms with Gasteiger partial charge in [-0.3, -0.25) is 9.69 Å². The van der Waals surface area contributed by atoms with Crippen molar-refractivity contribution in [3.8, 4) is 11.3 Å². The Bertz CT molecular complexity index is 1330. The van der Waals surface area contributed by atoms with E-state index in [1.165, 1.54) is 12.8 Å². The highest BCUT2D eigenvalue weighted by Gasteiger charge is 2.20. The summed E-state index contributed by atoms with van der Waals surface area (Å²) in [6, 6.07) is 5.98. The molecule has 0 unspecified atom stereocenters. The smallest absolute Gasteiger partial charge is 0.256 e. The van der Waals surface area contributed by atoms with Crippen molar-refractivity contribution < 1.29 is 4.79 Å². The van der Waals surface area contributed by atoms with Gasteiger partial charge in [0.1, 0.15) is 17.0 Å². The molecule has 1 amide bonds. The molecule has 1 fully saturated rings. The fourth-order valence-corrected chi connectivity index (χ4v) is 4.39. The molecule has 4 aromatic heterocycles. The standard InChI is InChI=1S/C23H29N9O.C4H10.C2H6/c1-24-20-13-19(28-22-17(23(33)25-2)14-27-32(20)22)18-15-31(21-16(18)5-4-6-26-21)12-11-30-9-7-29(3)8-10-30;1-3-4-2;1-2/h4-6,13-15,24H,7-12H2,1-3H3,(H,25,33);3-4H2,1-2H3;1-2H3. The average molecular weight is 536 g/mol. The predicted molar refractivity (Wildman–Crippen MR) is 161 cm³/mol. The molecule has 0 aliphatic carbocycles. The van der Waals surface area contributed by atoms with Crippen molar-refractivity contribution in [3.05, 3.63) is 42.4 Å². The Morgan fingerprint density at radius 2 is 1.74 bits per heavy atom. The number of rotatable bonds is 7. The van der Waals surface area contributed by atoms with Crippen LogP contribution in [-0.4, -0.2) is 93.7 Å². The van der Waals surface area contributed by atoms with Crippen LogP contribution in [0.3, 0.4) is 0 Å². The summed E-state index contributed by atoms with van der Waals surface area (Å²) in [5.41, 5.74) is 3.65. The lowest BCUT2D eigenvalue weighted by molar-refractivity contribution is 0.0964. The van der Waals surface area contributed by atoms with Gasteiger partial charge in [0.2, 0.25) is 0 Å². The Morgan fingerprint density at radius 1 is 1.03 bits per heavy atom. The largest absolute Gasteiger partial charge is 0.373 e. The van der Waals surface area contributed by atoms with Crippen molar-refractivity contribution >= 4 is 28.4 Å². The molecule has 0 aromatic carbocycles. The second kappa shape index (κ2) is 14.6. The molecule has 1 aliphatic heterocycles. The molecule has 0 atom stereocenters. The number of pyridine rings is 1. The maximum atomic E-state index is 12.4. The van der Waals surface area contributed by atoms with E-state index in [9.17, 15) is 4.79 Å². The molecule has 10 nitrogen and oxygen atoms in total. The zero-order valence-corrected chi connectivity index (χ0v) is 24.7. The number of unbranched alkanes of at least 4 members (excludes halogenated alkanes) is 1. The fourth-order valence-electron chi connectivity index (χ4n) is 4.39. The average Bonchev–Trinajstić information content (AvgIpc) is 3.59. The van der Waals surface area contributed by atoms with Gasteiger partial charge in [-0.2, -0.15) is 9.61 Å². The summed E-state index contributed by atoms with van der Waals surface area (Å²) < 4.78 is 3.86. The minimum atomic E-state index is -0.215. The Labute approximate surface area is 232 Å². The highest BCUT2D eigenvalue weighted by atomic mass is 16.1. The number of amides is 1. The number of piperazine rings is 1. The number of carbonyl (C=O) groups is 1. The fraction of sp³-hybridized carbons (Fsp3) is 0.517. The number of likely N-dealkylation sites (N-methyl/N-ethyl adjacent to an activating group) is 1. The molecular formula is C29H45N9O. The van der Waals surface area contributed by atoms with Crippen molar-refractivity contribution in [2.45, 2.75) is 47.1 Å². The van der Waals surface area contributed by atoms with Crippen LogP contribution in [0.4, 0.5) is 5.82 Å². The lowest BCUT2D eigenvalue weighted by atomic mass is 10.1. The van der Waals surface area contributed by atoms with Gasteiger partial charge in [0.25, 0.3) is 5.91 Å². The molecule has 212 valence electrons. The Morgan fingerprint density at radius 3 is 2.38 bits per heavy atom. The lowest BCUT2D eigenvalue weighted by Gasteiger charge is -2.32. The summed E-state index contributed by atoms with van der Waals surface area (Å²) in [6.45, 7) is 14.6. The third-order valence-electron chi connectivity index (χ3n) is 6.86. The van der Waals surface area contributed by atoms with Crippen molar-refractivity contribution in [2.24, 2.45) is 0 Å². The normalized spacial score (nSPS) is 13.9. The quantitative estimate of drug-likeness (QED) is 0.366. The van der Waals surface area contributed by atoms with E-state index in [1.54, 1.807) is 17.8 Å². The number of fused-ring (bicyclic) bond motifs is 2. The number of hydrogen-bond donors (Lipinski definition) is 2. The van der Waals surface area contributed by atoms with Gasteiger partial charge in [0, 0.05) is 82.8 Å². The molecule has 5 heterocycles. The van der Waals surface area contributed by atoms with Crippen molar-refractivity contribution in [3.63, 3.8) is 0 Å². The summed E-state index contributed by atoms with van der Waals surface area (Å²) in [7, 11) is 5.61. The van der Waals surface area contributed by atoms with Gasteiger partial charge in [0.05, 0.1) is 11.9 Å². The molecule has 0 radical (unpaired) electrons. The van der Waals surface area contributed by atoms with Gasteiger partial charge in [-0.15, -0.1) is 0 Å². The first-order valence-corrected chi connectivity index (χ1v) is 14.1. The molecule has 5 rings (SSSR count). The molecule has 4 aromatic rings. The number of anilines is 1. The third kappa shape index (κ3) is 6.93. The van der Waals surface area contributed by atoms with Crippen LogP contribution in [0, 0.1) is 0 Å². The van der Waals surface area contributed by atoms with E-state index in [0.29, 0.717) is 11.2 Å². The number of nitrogens with zero attached hydrogens (tertiary/aromatic N) is 7. The second-order valence-electron chi connectivity index (χ2n) is 9.41. The van der Waals surface area contributed by atoms with E-state index >= 15 is 0 Å². The van der Waals surface area contributed by atoms with E-state index < -0.39 is 0 Å². The molecular weight excluding hydrogens is 490 g/mol. The van der Waals surface area contributed by atoms with E-state index in [2.05, 4.69) is 68.2 Å². The second-order valence-corrected chi connectivity index (χ2v) is 9.41. The van der Waals surface area contributed by atoms with Gasteiger partial charge in [0.15, 0.2) is 5.65 Å². The van der Waals surface area contributed by atoms with E-state index in [-0.39, 0.29) is 5.91 Å². The topological polar surface area (TPSA) is 95.6 Å². The molecule has 1 saturated heterocycles. The van der Waals surface area contributed by atoms with Crippen LogP contribution in [0.5, 0.6) is 0 Å². The van der Waals surface area contributed by atoms with Gasteiger partial charge in [-0.1, -0.05) is 40.5 Å². The van der Waals surface area contributed by atoms with Gasteiger partial charge in [-0.05, 0) is 19.2 Å². The van der Waals surface area contributed by atoms with Crippen LogP contribution in [0.25, 0.3) is 27.9 Å². The van der Waals surface area contributed by atoms with Crippen LogP contribution in [0.15, 0.2) is 36.8 Å². The minimum absolute atomic E-state index is 0.215. The summed E-state index contributed by atoms with van der Waals surface area (Å²) in [6.07, 6.45) is 8.14. The highest BCUT2D eigenvalue weighted by molar-refractivity contribution is 6.00. The first-order chi connectivity index (χ1) is 19.0. The Hall–Kier alpha value is -3.50. The third-order valence-corrected chi connectivity index (χ3v) is 6.86. The molecule has 0 spiro atoms. The first-order valence-electron chi connectivity index (χ1n) is 14.1. The van der Waals surface area contributed by atoms with Crippen LogP contribution < -0.4 is 10.6 Å². The van der Waals surface area contributed by atoms with Crippen molar-refractivity contribution in [2.75, 3.05) is 59.2 Å². The van der Waals surface area contributed by atoms with Crippen LogP contribution in [-0.2, 0) is 6.54 Å². The maximum Gasteiger partial charge on any atom is 0.256 e. The molecule has 0 saturated carbocycles. The first kappa shape index (κ1) is 30.0. The highest BCUT2D eigenvalue weighted by Crippen LogP contribution is 2.31. The summed E-state index contributed by atoms with van der Waals surface area (Å²) >= 11 is 0. The molecule has 39 heavy (non-hydrogen) atoms. The minimum Gasteiger partial charge on any atom is -0.373 e. The predicted octanol–water partition coefficient (Wildman–Crippen LogP) is 4.23. The van der Waals surface area contributed by atoms with Crippen LogP contribution >= 0.6 is 0 Å². The summed E-state index contributed by atoms with van der Waals surface area (Å²) in [5, 5.41) is 11.2. The van der Waals surface area contributed by atoms with E-state index in [4.69, 9.17) is 4.98 Å². The number of aromatic nitrogens is 5. The van der Waals surface area contributed by atoms with E-state index in [0.717, 1.165) is 67.4 Å². The van der Waals surface area contributed by atoms with Crippen molar-refractivity contribution in [1.29, 1.82) is 0 Å². The molecule has 2 N–H and O–H groups in total. The van der Waals surface area contributed by atoms with Gasteiger partial charge >= 0.3 is 0 Å². The van der Waals surface area contributed by atoms with Gasteiger partial charge < -0.3 is 20.1 Å². The molecule has 0 bridgehead atoms. The van der Waals surface area contributed by atoms with Crippen molar-refractivity contribution in [1.82, 2.24) is 39.3 Å². The zero-order valence-electron chi connectivity index (χ0n) is 24.7. The number of hydrogen-bond acceptors (Lipinski definition) is 7. The molecule has 10 heteroatoms. The van der Waals surface area contributed by atoms with Crippen LogP contribution in [0.2, 0.25) is 0 Å². The van der Waals surface area contributed by atoms with E-state index in [1.807, 2.05) is 39.2 Å². The zero-order chi connectivity index (χ0) is 28.4. The summed E-state index contributed by atoms with van der Waals surface area (Å²) in [5.74, 6) is 0.542. The van der Waals surface area contributed by atoms with Gasteiger partial charge in [-0.25, -0.2) is 9.97 Å². The number of nitrogens with one attached hydrogen (secondary N) is 2. The monoisotopic (exact) mass is 535 g/mol. The molecule has 1 aliphatic rings. The SMILES string of the molecule is CC.CCCC.CNC(=O)c1cnn2c(NC)cc(-c3cn(CCN4CCN(C)CC4)c4ncccc34)nc12.